The van der Waals surface area contributed by atoms with Crippen LogP contribution in [0.2, 0.25) is 0 Å². The summed E-state index contributed by atoms with van der Waals surface area (Å²) in [5.74, 6) is -1.42. The van der Waals surface area contributed by atoms with Crippen molar-refractivity contribution in [1.82, 2.24) is 14.6 Å². The summed E-state index contributed by atoms with van der Waals surface area (Å²) >= 11 is 0.996. The molecule has 8 heteroatoms. The first-order valence-corrected chi connectivity index (χ1v) is 6.74. The van der Waals surface area contributed by atoms with Crippen LogP contribution in [0.1, 0.15) is 51.2 Å². The highest BCUT2D eigenvalue weighted by atomic mass is 32.1. The van der Waals surface area contributed by atoms with E-state index in [2.05, 4.69) is 19.9 Å². The molecule has 0 aromatic carbocycles. The van der Waals surface area contributed by atoms with Gasteiger partial charge in [-0.05, 0) is 24.4 Å². The van der Waals surface area contributed by atoms with Crippen LogP contribution in [0.25, 0.3) is 0 Å². The summed E-state index contributed by atoms with van der Waals surface area (Å²) in [7, 11) is 0. The van der Waals surface area contributed by atoms with Crippen molar-refractivity contribution >= 4 is 29.1 Å². The third kappa shape index (κ3) is 2.55. The second kappa shape index (κ2) is 5.41. The normalized spacial score (nSPS) is 10.8. The van der Waals surface area contributed by atoms with Gasteiger partial charge < -0.3 is 15.4 Å². The van der Waals surface area contributed by atoms with Gasteiger partial charge >= 0.3 is 5.97 Å². The highest BCUT2D eigenvalue weighted by Gasteiger charge is 2.22. The lowest BCUT2D eigenvalue weighted by Crippen LogP contribution is -2.15. The lowest BCUT2D eigenvalue weighted by atomic mass is 10.1. The second-order valence-corrected chi connectivity index (χ2v) is 5.36. The van der Waals surface area contributed by atoms with E-state index in [0.29, 0.717) is 16.3 Å². The number of rotatable bonds is 4. The predicted molar refractivity (Wildman–Crippen MR) is 74.4 cm³/mol. The third-order valence-corrected chi connectivity index (χ3v) is 3.55. The van der Waals surface area contributed by atoms with E-state index in [-0.39, 0.29) is 17.2 Å². The van der Waals surface area contributed by atoms with Gasteiger partial charge in [0, 0.05) is 11.9 Å². The van der Waals surface area contributed by atoms with E-state index < -0.39 is 11.9 Å². The maximum atomic E-state index is 12.2. The number of aryl methyl sites for hydroxylation is 1. The number of aromatic amines is 1. The molecule has 0 bridgehead atoms. The number of nitrogens with zero attached hydrogens (tertiary/aromatic N) is 2. The number of aromatic carboxylic acids is 1. The number of carbonyl (C=O) groups excluding carboxylic acids is 1. The molecule has 2 aromatic rings. The van der Waals surface area contributed by atoms with Gasteiger partial charge in [-0.2, -0.15) is 0 Å². The van der Waals surface area contributed by atoms with E-state index in [4.69, 9.17) is 5.11 Å². The fourth-order valence-electron chi connectivity index (χ4n) is 1.81. The first-order chi connectivity index (χ1) is 9.41. The third-order valence-electron chi connectivity index (χ3n) is 2.81. The van der Waals surface area contributed by atoms with Crippen molar-refractivity contribution in [1.29, 1.82) is 0 Å². The van der Waals surface area contributed by atoms with Gasteiger partial charge in [0.15, 0.2) is 0 Å². The van der Waals surface area contributed by atoms with Crippen molar-refractivity contribution < 1.29 is 14.7 Å². The molecule has 3 N–H and O–H groups in total. The van der Waals surface area contributed by atoms with Gasteiger partial charge in [0.2, 0.25) is 0 Å². The summed E-state index contributed by atoms with van der Waals surface area (Å²) in [5, 5.41) is 15.6. The minimum absolute atomic E-state index is 0.0573. The number of hydrogen-bond donors (Lipinski definition) is 3. The zero-order valence-corrected chi connectivity index (χ0v) is 12.0. The van der Waals surface area contributed by atoms with Gasteiger partial charge in [0.25, 0.3) is 5.91 Å². The summed E-state index contributed by atoms with van der Waals surface area (Å²) in [6, 6.07) is 0. The number of nitrogens with one attached hydrogen (secondary N) is 2. The molecule has 0 saturated carbocycles. The Morgan fingerprint density at radius 2 is 2.15 bits per heavy atom. The highest BCUT2D eigenvalue weighted by molar-refractivity contribution is 7.08. The predicted octanol–water partition coefficient (Wildman–Crippen LogP) is 2.25. The van der Waals surface area contributed by atoms with Gasteiger partial charge in [-0.25, -0.2) is 4.79 Å². The van der Waals surface area contributed by atoms with Gasteiger partial charge in [-0.15, -0.1) is 5.10 Å². The Balaban J connectivity index is 2.29. The smallest absolute Gasteiger partial charge is 0.339 e. The molecule has 106 valence electrons. The first-order valence-electron chi connectivity index (χ1n) is 5.96. The molecule has 0 saturated heterocycles. The number of anilines is 1. The summed E-state index contributed by atoms with van der Waals surface area (Å²) in [6.07, 6.45) is 1.46. The molecule has 0 aliphatic carbocycles. The van der Waals surface area contributed by atoms with E-state index in [0.717, 1.165) is 11.5 Å². The van der Waals surface area contributed by atoms with Crippen LogP contribution in [0.4, 0.5) is 5.69 Å². The molecule has 2 aromatic heterocycles. The Labute approximate surface area is 119 Å². The summed E-state index contributed by atoms with van der Waals surface area (Å²) in [5.41, 5.74) is 1.39. The molecule has 0 unspecified atom stereocenters. The van der Waals surface area contributed by atoms with Crippen LogP contribution in [0, 0.1) is 6.92 Å². The van der Waals surface area contributed by atoms with Crippen molar-refractivity contribution in [3.05, 3.63) is 28.0 Å². The Morgan fingerprint density at radius 1 is 1.45 bits per heavy atom. The highest BCUT2D eigenvalue weighted by Crippen LogP contribution is 2.23. The molecule has 1 amide bonds. The fraction of sp³-hybridized carbons (Fsp3) is 0.333. The van der Waals surface area contributed by atoms with Crippen molar-refractivity contribution in [2.24, 2.45) is 0 Å². The summed E-state index contributed by atoms with van der Waals surface area (Å²) in [6.45, 7) is 5.46. The molecule has 0 radical (unpaired) electrons. The maximum Gasteiger partial charge on any atom is 0.339 e. The number of amides is 1. The fourth-order valence-corrected chi connectivity index (χ4v) is 2.53. The Kier molecular flexibility index (Phi) is 3.84. The van der Waals surface area contributed by atoms with Crippen LogP contribution >= 0.6 is 11.5 Å². The summed E-state index contributed by atoms with van der Waals surface area (Å²) in [4.78, 5) is 26.5. The van der Waals surface area contributed by atoms with Crippen molar-refractivity contribution in [3.63, 3.8) is 0 Å². The molecule has 2 rings (SSSR count). The average molecular weight is 294 g/mol. The Hall–Kier alpha value is -2.22. The minimum atomic E-state index is -1.09. The van der Waals surface area contributed by atoms with Gasteiger partial charge in [-0.1, -0.05) is 18.3 Å². The van der Waals surface area contributed by atoms with E-state index in [1.165, 1.54) is 6.20 Å². The van der Waals surface area contributed by atoms with E-state index in [1.807, 2.05) is 13.8 Å². The lowest BCUT2D eigenvalue weighted by molar-refractivity contribution is 0.0697. The molecule has 7 nitrogen and oxygen atoms in total. The number of hydrogen-bond acceptors (Lipinski definition) is 5. The first kappa shape index (κ1) is 14.2. The zero-order chi connectivity index (χ0) is 14.9. The van der Waals surface area contributed by atoms with Crippen LogP contribution in [-0.2, 0) is 0 Å². The van der Waals surface area contributed by atoms with Crippen LogP contribution in [0.5, 0.6) is 0 Å². The molecule has 0 atom stereocenters. The number of carboxylic acid groups (broad SMARTS) is 1. The molecule has 2 heterocycles. The topological polar surface area (TPSA) is 108 Å². The van der Waals surface area contributed by atoms with Crippen molar-refractivity contribution in [2.75, 3.05) is 5.32 Å². The number of H-pyrrole nitrogens is 1. The molecule has 0 aliphatic heterocycles. The number of carbonyl (C=O) groups is 2. The van der Waals surface area contributed by atoms with Gasteiger partial charge in [0.1, 0.15) is 10.4 Å². The Morgan fingerprint density at radius 3 is 2.75 bits per heavy atom. The number of carboxylic acids is 1. The number of aromatic nitrogens is 3. The van der Waals surface area contributed by atoms with Crippen LogP contribution in [-0.4, -0.2) is 31.6 Å². The molecule has 0 fully saturated rings. The quantitative estimate of drug-likeness (QED) is 0.801. The minimum Gasteiger partial charge on any atom is -0.478 e. The SMILES string of the molecule is Cc1[nH]cc(NC(=O)c2snnc2C(C)C)c1C(=O)O. The van der Waals surface area contributed by atoms with E-state index in [1.54, 1.807) is 6.92 Å². The van der Waals surface area contributed by atoms with Crippen LogP contribution in [0.15, 0.2) is 6.20 Å². The maximum absolute atomic E-state index is 12.2. The average Bonchev–Trinajstić information content (AvgIpc) is 2.95. The molecule has 0 aliphatic rings. The lowest BCUT2D eigenvalue weighted by Gasteiger charge is -2.05. The van der Waals surface area contributed by atoms with Crippen molar-refractivity contribution in [2.45, 2.75) is 26.7 Å². The van der Waals surface area contributed by atoms with Crippen LogP contribution < -0.4 is 5.32 Å². The van der Waals surface area contributed by atoms with Crippen LogP contribution in [0.3, 0.4) is 0 Å². The zero-order valence-electron chi connectivity index (χ0n) is 11.2. The largest absolute Gasteiger partial charge is 0.478 e. The molecule has 20 heavy (non-hydrogen) atoms. The van der Waals surface area contributed by atoms with E-state index in [9.17, 15) is 9.59 Å². The standard InChI is InChI=1S/C12H14N4O3S/c1-5(2)9-10(20-16-15-9)11(17)14-7-4-13-6(3)8(7)12(18)19/h4-5,13H,1-3H3,(H,14,17)(H,18,19). The Bertz CT molecular complexity index is 659. The monoisotopic (exact) mass is 294 g/mol. The van der Waals surface area contributed by atoms with Gasteiger partial charge in [-0.3, -0.25) is 4.79 Å². The molecular formula is C12H14N4O3S. The van der Waals surface area contributed by atoms with Crippen molar-refractivity contribution in [3.8, 4) is 0 Å². The molecular weight excluding hydrogens is 280 g/mol. The molecule has 0 spiro atoms. The second-order valence-electron chi connectivity index (χ2n) is 4.60. The summed E-state index contributed by atoms with van der Waals surface area (Å²) < 4.78 is 3.78. The van der Waals surface area contributed by atoms with E-state index >= 15 is 0 Å². The van der Waals surface area contributed by atoms with Gasteiger partial charge in [0.05, 0.1) is 11.4 Å².